The molecular weight excluding hydrogens is 470 g/mol. The third-order valence-corrected chi connectivity index (χ3v) is 6.44. The minimum Gasteiger partial charge on any atom is -0.462 e. The van der Waals surface area contributed by atoms with Crippen molar-refractivity contribution >= 4 is 46.7 Å². The van der Waals surface area contributed by atoms with Gasteiger partial charge in [0, 0.05) is 24.3 Å². The van der Waals surface area contributed by atoms with Crippen molar-refractivity contribution in [2.45, 2.75) is 26.7 Å². The Labute approximate surface area is 208 Å². The molecule has 1 saturated heterocycles. The number of benzene rings is 2. The Kier molecular flexibility index (Phi) is 7.21. The molecular formula is C26H26ClN3O5. The van der Waals surface area contributed by atoms with Gasteiger partial charge < -0.3 is 15.0 Å². The molecule has 0 spiro atoms. The Hall–Kier alpha value is -3.65. The highest BCUT2D eigenvalue weighted by molar-refractivity contribution is 6.53. The van der Waals surface area contributed by atoms with Crippen molar-refractivity contribution in [1.82, 2.24) is 4.90 Å². The number of imide groups is 1. The van der Waals surface area contributed by atoms with Crippen molar-refractivity contribution in [3.05, 3.63) is 70.4 Å². The molecule has 0 aromatic heterocycles. The van der Waals surface area contributed by atoms with Crippen molar-refractivity contribution in [2.24, 2.45) is 5.92 Å². The standard InChI is InChI=1S/C26H26ClN3O5/c1-3-35-26(34)18-7-5-9-20(15-18)30-24(32)21(27)22(25(30)33)28-19-8-4-6-17(14-19)23(31)29-12-10-16(2)11-13-29/h4-9,14-16,28H,3,10-13H2,1-2H3. The second-order valence-corrected chi connectivity index (χ2v) is 8.96. The highest BCUT2D eigenvalue weighted by Crippen LogP contribution is 2.31. The van der Waals surface area contributed by atoms with E-state index in [-0.39, 0.29) is 34.5 Å². The number of anilines is 2. The van der Waals surface area contributed by atoms with Crippen LogP contribution >= 0.6 is 11.6 Å². The van der Waals surface area contributed by atoms with E-state index in [9.17, 15) is 19.2 Å². The van der Waals surface area contributed by atoms with E-state index in [1.807, 2.05) is 4.90 Å². The zero-order valence-electron chi connectivity index (χ0n) is 19.5. The number of halogens is 1. The van der Waals surface area contributed by atoms with E-state index in [1.165, 1.54) is 18.2 Å². The number of esters is 1. The first-order chi connectivity index (χ1) is 16.8. The van der Waals surface area contributed by atoms with Gasteiger partial charge in [0.2, 0.25) is 0 Å². The molecule has 0 bridgehead atoms. The van der Waals surface area contributed by atoms with Crippen molar-refractivity contribution in [3.63, 3.8) is 0 Å². The summed E-state index contributed by atoms with van der Waals surface area (Å²) in [6.07, 6.45) is 1.94. The number of amides is 3. The van der Waals surface area contributed by atoms with Gasteiger partial charge in [-0.2, -0.15) is 0 Å². The first kappa shape index (κ1) is 24.5. The quantitative estimate of drug-likeness (QED) is 0.477. The Morgan fingerprint density at radius 3 is 2.43 bits per heavy atom. The molecule has 0 saturated carbocycles. The molecule has 8 nitrogen and oxygen atoms in total. The molecule has 1 N–H and O–H groups in total. The van der Waals surface area contributed by atoms with Crippen molar-refractivity contribution in [1.29, 1.82) is 0 Å². The highest BCUT2D eigenvalue weighted by atomic mass is 35.5. The molecule has 9 heteroatoms. The predicted octanol–water partition coefficient (Wildman–Crippen LogP) is 4.17. The van der Waals surface area contributed by atoms with Crippen LogP contribution in [0.3, 0.4) is 0 Å². The van der Waals surface area contributed by atoms with E-state index in [2.05, 4.69) is 12.2 Å². The molecule has 1 fully saturated rings. The lowest BCUT2D eigenvalue weighted by atomic mass is 9.98. The monoisotopic (exact) mass is 495 g/mol. The van der Waals surface area contributed by atoms with Gasteiger partial charge in [0.15, 0.2) is 0 Å². The molecule has 2 heterocycles. The smallest absolute Gasteiger partial charge is 0.338 e. The van der Waals surface area contributed by atoms with Crippen LogP contribution < -0.4 is 10.2 Å². The Morgan fingerprint density at radius 2 is 1.71 bits per heavy atom. The summed E-state index contributed by atoms with van der Waals surface area (Å²) < 4.78 is 4.99. The molecule has 0 aliphatic carbocycles. The van der Waals surface area contributed by atoms with Gasteiger partial charge in [-0.1, -0.05) is 30.7 Å². The topological polar surface area (TPSA) is 96.0 Å². The van der Waals surface area contributed by atoms with Crippen LogP contribution in [0.15, 0.2) is 59.3 Å². The number of nitrogens with one attached hydrogen (secondary N) is 1. The van der Waals surface area contributed by atoms with Crippen molar-refractivity contribution in [3.8, 4) is 0 Å². The van der Waals surface area contributed by atoms with E-state index in [0.29, 0.717) is 30.3 Å². The second-order valence-electron chi connectivity index (χ2n) is 8.59. The summed E-state index contributed by atoms with van der Waals surface area (Å²) in [6, 6.07) is 12.8. The fourth-order valence-electron chi connectivity index (χ4n) is 4.10. The number of carbonyl (C=O) groups is 4. The lowest BCUT2D eigenvalue weighted by molar-refractivity contribution is -0.120. The summed E-state index contributed by atoms with van der Waals surface area (Å²) in [5, 5.41) is 2.63. The van der Waals surface area contributed by atoms with Crippen LogP contribution in [0, 0.1) is 5.92 Å². The molecule has 2 aromatic rings. The predicted molar refractivity (Wildman–Crippen MR) is 132 cm³/mol. The minimum absolute atomic E-state index is 0.0770. The van der Waals surface area contributed by atoms with E-state index < -0.39 is 17.8 Å². The highest BCUT2D eigenvalue weighted by Gasteiger charge is 2.39. The van der Waals surface area contributed by atoms with Crippen LogP contribution in [0.25, 0.3) is 0 Å². The van der Waals surface area contributed by atoms with Crippen LogP contribution in [-0.2, 0) is 14.3 Å². The second kappa shape index (κ2) is 10.3. The summed E-state index contributed by atoms with van der Waals surface area (Å²) in [5.41, 5.74) is 1.24. The average Bonchev–Trinajstić information content (AvgIpc) is 3.07. The molecule has 2 aliphatic rings. The number of carbonyl (C=O) groups excluding carboxylic acids is 4. The SMILES string of the molecule is CCOC(=O)c1cccc(N2C(=O)C(Cl)=C(Nc3cccc(C(=O)N4CCC(C)CC4)c3)C2=O)c1. The van der Waals surface area contributed by atoms with Gasteiger partial charge in [0.05, 0.1) is 17.9 Å². The summed E-state index contributed by atoms with van der Waals surface area (Å²) in [4.78, 5) is 53.7. The summed E-state index contributed by atoms with van der Waals surface area (Å²) in [6.45, 7) is 5.49. The number of nitrogens with zero attached hydrogens (tertiary/aromatic N) is 2. The summed E-state index contributed by atoms with van der Waals surface area (Å²) >= 11 is 6.25. The van der Waals surface area contributed by atoms with Crippen molar-refractivity contribution in [2.75, 3.05) is 29.9 Å². The van der Waals surface area contributed by atoms with Crippen LogP contribution in [-0.4, -0.2) is 48.3 Å². The maximum atomic E-state index is 13.1. The molecule has 4 rings (SSSR count). The molecule has 182 valence electrons. The van der Waals surface area contributed by atoms with E-state index in [4.69, 9.17) is 16.3 Å². The Bertz CT molecular complexity index is 1220. The number of piperidine rings is 1. The fourth-order valence-corrected chi connectivity index (χ4v) is 4.31. The van der Waals surface area contributed by atoms with E-state index >= 15 is 0 Å². The summed E-state index contributed by atoms with van der Waals surface area (Å²) in [5.74, 6) is -1.41. The van der Waals surface area contributed by atoms with Gasteiger partial charge >= 0.3 is 5.97 Å². The Balaban J connectivity index is 1.53. The molecule has 2 aliphatic heterocycles. The third kappa shape index (κ3) is 5.07. The zero-order chi connectivity index (χ0) is 25.1. The van der Waals surface area contributed by atoms with Gasteiger partial charge in [-0.15, -0.1) is 0 Å². The molecule has 35 heavy (non-hydrogen) atoms. The van der Waals surface area contributed by atoms with Crippen molar-refractivity contribution < 1.29 is 23.9 Å². The largest absolute Gasteiger partial charge is 0.462 e. The normalized spacial score (nSPS) is 16.7. The summed E-state index contributed by atoms with van der Waals surface area (Å²) in [7, 11) is 0. The minimum atomic E-state index is -0.713. The first-order valence-electron chi connectivity index (χ1n) is 11.5. The number of rotatable bonds is 6. The van der Waals surface area contributed by atoms with Gasteiger partial charge in [0.25, 0.3) is 17.7 Å². The number of ether oxygens (including phenoxy) is 1. The maximum absolute atomic E-state index is 13.1. The fraction of sp³-hybridized carbons (Fsp3) is 0.308. The lowest BCUT2D eigenvalue weighted by Gasteiger charge is -2.30. The Morgan fingerprint density at radius 1 is 1.03 bits per heavy atom. The molecule has 3 amide bonds. The molecule has 0 radical (unpaired) electrons. The molecule has 0 atom stereocenters. The van der Waals surface area contributed by atoms with Gasteiger partial charge in [-0.05, 0) is 62.1 Å². The van der Waals surface area contributed by atoms with Gasteiger partial charge in [-0.25, -0.2) is 9.69 Å². The molecule has 0 unspecified atom stereocenters. The zero-order valence-corrected chi connectivity index (χ0v) is 20.3. The maximum Gasteiger partial charge on any atom is 0.338 e. The number of hydrogen-bond donors (Lipinski definition) is 1. The first-order valence-corrected chi connectivity index (χ1v) is 11.9. The number of likely N-dealkylation sites (tertiary alicyclic amines) is 1. The van der Waals surface area contributed by atoms with E-state index in [0.717, 1.165) is 17.7 Å². The van der Waals surface area contributed by atoms with Gasteiger partial charge in [-0.3, -0.25) is 14.4 Å². The third-order valence-electron chi connectivity index (χ3n) is 6.09. The van der Waals surface area contributed by atoms with Crippen LogP contribution in [0.2, 0.25) is 0 Å². The van der Waals surface area contributed by atoms with Crippen LogP contribution in [0.1, 0.15) is 47.4 Å². The van der Waals surface area contributed by atoms with Gasteiger partial charge in [0.1, 0.15) is 10.7 Å². The van der Waals surface area contributed by atoms with Crippen LogP contribution in [0.4, 0.5) is 11.4 Å². The van der Waals surface area contributed by atoms with Crippen LogP contribution in [0.5, 0.6) is 0 Å². The number of hydrogen-bond acceptors (Lipinski definition) is 6. The molecule has 2 aromatic carbocycles. The average molecular weight is 496 g/mol. The lowest BCUT2D eigenvalue weighted by Crippen LogP contribution is -2.37. The van der Waals surface area contributed by atoms with E-state index in [1.54, 1.807) is 37.3 Å².